The normalized spacial score (nSPS) is 12.6. The minimum Gasteiger partial charge on any atom is -0.463 e. The smallest absolute Gasteiger partial charge is 0.416 e. The molecule has 0 saturated heterocycles. The van der Waals surface area contributed by atoms with Gasteiger partial charge < -0.3 is 9.47 Å². The van der Waals surface area contributed by atoms with Crippen LogP contribution in [-0.2, 0) is 26.9 Å². The minimum atomic E-state index is -4.48. The van der Waals surface area contributed by atoms with E-state index in [-0.39, 0.29) is 12.2 Å². The van der Waals surface area contributed by atoms with Crippen molar-refractivity contribution in [2.45, 2.75) is 32.0 Å². The van der Waals surface area contributed by atoms with Gasteiger partial charge in [0.05, 0.1) is 17.7 Å². The Morgan fingerprint density at radius 2 is 1.69 bits per heavy atom. The lowest BCUT2D eigenvalue weighted by molar-refractivity contribution is -0.138. The van der Waals surface area contributed by atoms with E-state index in [0.29, 0.717) is 12.8 Å². The molecule has 0 amide bonds. The Balaban J connectivity index is 2.08. The first-order valence-corrected chi connectivity index (χ1v) is 9.06. The van der Waals surface area contributed by atoms with Gasteiger partial charge in [0.15, 0.2) is 0 Å². The van der Waals surface area contributed by atoms with Crippen LogP contribution >= 0.6 is 0 Å². The molecule has 0 aliphatic carbocycles. The first-order chi connectivity index (χ1) is 13.8. The average Bonchev–Trinajstić information content (AvgIpc) is 2.70. The number of carbonyl (C=O) groups is 2. The van der Waals surface area contributed by atoms with E-state index in [1.54, 1.807) is 6.92 Å². The predicted octanol–water partition coefficient (Wildman–Crippen LogP) is 4.98. The molecule has 2 aromatic rings. The third-order valence-electron chi connectivity index (χ3n) is 4.00. The van der Waals surface area contributed by atoms with Crippen LogP contribution in [-0.4, -0.2) is 24.6 Å². The number of hydrogen-bond donors (Lipinski definition) is 0. The molecule has 0 spiro atoms. The molecule has 0 radical (unpaired) electrons. The van der Waals surface area contributed by atoms with Crippen molar-refractivity contribution in [2.75, 3.05) is 6.61 Å². The highest BCUT2D eigenvalue weighted by atomic mass is 19.4. The van der Waals surface area contributed by atoms with E-state index in [2.05, 4.69) is 0 Å². The summed E-state index contributed by atoms with van der Waals surface area (Å²) >= 11 is 0. The van der Waals surface area contributed by atoms with Gasteiger partial charge in [-0.2, -0.15) is 13.2 Å². The first kappa shape index (κ1) is 22.2. The zero-order valence-corrected chi connectivity index (χ0v) is 15.8. The topological polar surface area (TPSA) is 52.6 Å². The van der Waals surface area contributed by atoms with E-state index in [0.717, 1.165) is 29.8 Å². The lowest BCUT2D eigenvalue weighted by Crippen LogP contribution is -2.18. The van der Waals surface area contributed by atoms with Gasteiger partial charge >= 0.3 is 18.1 Å². The number of halogens is 3. The number of carbonyl (C=O) groups excluding carboxylic acids is 2. The van der Waals surface area contributed by atoms with E-state index in [4.69, 9.17) is 9.47 Å². The number of hydrogen-bond acceptors (Lipinski definition) is 4. The second-order valence-electron chi connectivity index (χ2n) is 6.15. The van der Waals surface area contributed by atoms with Crippen molar-refractivity contribution < 1.29 is 32.2 Å². The van der Waals surface area contributed by atoms with E-state index in [9.17, 15) is 22.8 Å². The summed E-state index contributed by atoms with van der Waals surface area (Å²) in [7, 11) is 0. The fraction of sp³-hybridized carbons (Fsp3) is 0.273. The Bertz CT molecular complexity index is 827. The standard InChI is InChI=1S/C22H21F3O4/c1-2-28-20(26)15-14-19(13-8-16-6-4-3-5-7-16)29-21(27)17-9-11-18(12-10-17)22(23,24)25/h3-7,9-12,14-15,19H,2,8,13H2,1H3/b15-14-. The Kier molecular flexibility index (Phi) is 8.00. The zero-order chi connectivity index (χ0) is 21.3. The first-order valence-electron chi connectivity index (χ1n) is 9.06. The molecule has 0 saturated carbocycles. The van der Waals surface area contributed by atoms with Gasteiger partial charge in [-0.05, 0) is 55.7 Å². The summed E-state index contributed by atoms with van der Waals surface area (Å²) in [5, 5.41) is 0. The van der Waals surface area contributed by atoms with Crippen molar-refractivity contribution in [1.29, 1.82) is 0 Å². The number of esters is 2. The van der Waals surface area contributed by atoms with E-state index >= 15 is 0 Å². The van der Waals surface area contributed by atoms with Gasteiger partial charge in [-0.1, -0.05) is 30.3 Å². The summed E-state index contributed by atoms with van der Waals surface area (Å²) in [6.45, 7) is 1.88. The Morgan fingerprint density at radius 3 is 2.28 bits per heavy atom. The molecule has 0 aliphatic heterocycles. The molecule has 154 valence electrons. The maximum atomic E-state index is 12.7. The van der Waals surface area contributed by atoms with Gasteiger partial charge in [0.1, 0.15) is 6.10 Å². The van der Waals surface area contributed by atoms with Gasteiger partial charge in [0, 0.05) is 6.08 Å². The number of rotatable bonds is 8. The molecule has 29 heavy (non-hydrogen) atoms. The average molecular weight is 406 g/mol. The van der Waals surface area contributed by atoms with Crippen molar-refractivity contribution in [3.63, 3.8) is 0 Å². The highest BCUT2D eigenvalue weighted by Gasteiger charge is 2.30. The van der Waals surface area contributed by atoms with Crippen molar-refractivity contribution in [3.8, 4) is 0 Å². The maximum absolute atomic E-state index is 12.7. The van der Waals surface area contributed by atoms with Crippen LogP contribution in [0.25, 0.3) is 0 Å². The molecule has 0 aliphatic rings. The number of benzene rings is 2. The molecular formula is C22H21F3O4. The van der Waals surface area contributed by atoms with Crippen molar-refractivity contribution in [3.05, 3.63) is 83.4 Å². The third-order valence-corrected chi connectivity index (χ3v) is 4.00. The number of ether oxygens (including phenoxy) is 2. The highest BCUT2D eigenvalue weighted by Crippen LogP contribution is 2.29. The quantitative estimate of drug-likeness (QED) is 0.458. The number of alkyl halides is 3. The summed E-state index contributed by atoms with van der Waals surface area (Å²) in [6, 6.07) is 13.3. The Hall–Kier alpha value is -3.09. The molecule has 4 nitrogen and oxygen atoms in total. The van der Waals surface area contributed by atoms with Gasteiger partial charge in [-0.3, -0.25) is 0 Å². The summed E-state index contributed by atoms with van der Waals surface area (Å²) in [6.07, 6.45) is -1.65. The Labute approximate surface area is 166 Å². The van der Waals surface area contributed by atoms with Crippen LogP contribution in [0.1, 0.15) is 34.8 Å². The van der Waals surface area contributed by atoms with Crippen molar-refractivity contribution in [2.24, 2.45) is 0 Å². The van der Waals surface area contributed by atoms with E-state index < -0.39 is 29.8 Å². The fourth-order valence-corrected chi connectivity index (χ4v) is 2.53. The lowest BCUT2D eigenvalue weighted by Gasteiger charge is -2.15. The molecule has 0 aromatic heterocycles. The monoisotopic (exact) mass is 406 g/mol. The summed E-state index contributed by atoms with van der Waals surface area (Å²) in [5.41, 5.74) is 0.164. The second kappa shape index (κ2) is 10.5. The SMILES string of the molecule is CCOC(=O)/C=C\C(CCc1ccccc1)OC(=O)c1ccc(C(F)(F)F)cc1. The summed E-state index contributed by atoms with van der Waals surface area (Å²) < 4.78 is 48.2. The van der Waals surface area contributed by atoms with E-state index in [1.807, 2.05) is 30.3 Å². The molecule has 1 atom stereocenters. The van der Waals surface area contributed by atoms with Crippen molar-refractivity contribution >= 4 is 11.9 Å². The molecular weight excluding hydrogens is 385 g/mol. The van der Waals surface area contributed by atoms with Crippen LogP contribution in [0.3, 0.4) is 0 Å². The van der Waals surface area contributed by atoms with E-state index in [1.165, 1.54) is 12.2 Å². The molecule has 1 unspecified atom stereocenters. The van der Waals surface area contributed by atoms with Gasteiger partial charge in [0.2, 0.25) is 0 Å². The lowest BCUT2D eigenvalue weighted by atomic mass is 10.1. The summed E-state index contributed by atoms with van der Waals surface area (Å²) in [4.78, 5) is 23.9. The van der Waals surface area contributed by atoms with Crippen LogP contribution < -0.4 is 0 Å². The molecule has 2 aromatic carbocycles. The van der Waals surface area contributed by atoms with Gasteiger partial charge in [0.25, 0.3) is 0 Å². The summed E-state index contributed by atoms with van der Waals surface area (Å²) in [5.74, 6) is -1.34. The van der Waals surface area contributed by atoms with Crippen LogP contribution in [0.5, 0.6) is 0 Å². The van der Waals surface area contributed by atoms with Crippen LogP contribution in [0, 0.1) is 0 Å². The Morgan fingerprint density at radius 1 is 1.03 bits per heavy atom. The molecule has 0 fully saturated rings. The number of aryl methyl sites for hydroxylation is 1. The van der Waals surface area contributed by atoms with Gasteiger partial charge in [-0.25, -0.2) is 9.59 Å². The molecule has 0 heterocycles. The molecule has 0 N–H and O–H groups in total. The zero-order valence-electron chi connectivity index (χ0n) is 15.8. The minimum absolute atomic E-state index is 0.00718. The highest BCUT2D eigenvalue weighted by molar-refractivity contribution is 5.89. The second-order valence-corrected chi connectivity index (χ2v) is 6.15. The van der Waals surface area contributed by atoms with Crippen LogP contribution in [0.2, 0.25) is 0 Å². The third kappa shape index (κ3) is 7.44. The van der Waals surface area contributed by atoms with Crippen LogP contribution in [0.15, 0.2) is 66.7 Å². The predicted molar refractivity (Wildman–Crippen MR) is 101 cm³/mol. The largest absolute Gasteiger partial charge is 0.463 e. The molecule has 7 heteroatoms. The maximum Gasteiger partial charge on any atom is 0.416 e. The molecule has 2 rings (SSSR count). The van der Waals surface area contributed by atoms with Gasteiger partial charge in [-0.15, -0.1) is 0 Å². The fourth-order valence-electron chi connectivity index (χ4n) is 2.53. The molecule has 0 bridgehead atoms. The van der Waals surface area contributed by atoms with Crippen molar-refractivity contribution in [1.82, 2.24) is 0 Å². The van der Waals surface area contributed by atoms with Crippen LogP contribution in [0.4, 0.5) is 13.2 Å².